The minimum Gasteiger partial charge on any atom is -0.493 e. The monoisotopic (exact) mass is 431 g/mol. The molecule has 3 aromatic rings. The standard InChI is InChI=1S/C25H19F2N3O2/c1-31-22-11-19-21(12-23(22)32-2)30(13-15-4-3-5-18(27)10-15)14-20-24(28-29-25(19)20)16-6-8-17(26)9-7-16/h3-12,14H,13H2,1-2H3. The third-order valence-electron chi connectivity index (χ3n) is 5.47. The number of nitrogens with zero attached hydrogens (tertiary/aromatic N) is 3. The Bertz CT molecular complexity index is 1400. The van der Waals surface area contributed by atoms with Gasteiger partial charge in [0.25, 0.3) is 0 Å². The topological polar surface area (TPSA) is 49.2 Å². The van der Waals surface area contributed by atoms with Gasteiger partial charge in [-0.1, -0.05) is 12.1 Å². The highest BCUT2D eigenvalue weighted by Crippen LogP contribution is 2.41. The second-order valence-corrected chi connectivity index (χ2v) is 7.43. The number of hydrogen-bond acceptors (Lipinski definition) is 4. The number of aromatic nitrogens is 3. The van der Waals surface area contributed by atoms with Crippen molar-refractivity contribution in [2.24, 2.45) is 0 Å². The molecule has 0 bridgehead atoms. The molecule has 160 valence electrons. The first-order valence-corrected chi connectivity index (χ1v) is 9.99. The van der Waals surface area contributed by atoms with E-state index in [1.165, 1.54) is 24.3 Å². The zero-order valence-corrected chi connectivity index (χ0v) is 17.5. The molecule has 0 atom stereocenters. The molecule has 3 aromatic carbocycles. The number of ether oxygens (including phenoxy) is 2. The van der Waals surface area contributed by atoms with Gasteiger partial charge in [0.05, 0.1) is 19.7 Å². The molecule has 7 heteroatoms. The Kier molecular flexibility index (Phi) is 4.93. The van der Waals surface area contributed by atoms with E-state index in [9.17, 15) is 8.78 Å². The van der Waals surface area contributed by atoms with Gasteiger partial charge in [0.2, 0.25) is 0 Å². The van der Waals surface area contributed by atoms with Crippen molar-refractivity contribution in [3.8, 4) is 34.0 Å². The number of hydrogen-bond donors (Lipinski definition) is 0. The van der Waals surface area contributed by atoms with Crippen LogP contribution >= 0.6 is 0 Å². The molecular weight excluding hydrogens is 412 g/mol. The molecule has 2 heterocycles. The molecule has 0 aliphatic carbocycles. The van der Waals surface area contributed by atoms with Crippen LogP contribution in [0, 0.1) is 11.6 Å². The van der Waals surface area contributed by atoms with Crippen LogP contribution in [0.3, 0.4) is 0 Å². The van der Waals surface area contributed by atoms with Crippen LogP contribution in [0.1, 0.15) is 5.56 Å². The Morgan fingerprint density at radius 2 is 1.53 bits per heavy atom. The van der Waals surface area contributed by atoms with Crippen molar-refractivity contribution in [3.63, 3.8) is 0 Å². The minimum atomic E-state index is -0.318. The van der Waals surface area contributed by atoms with E-state index >= 15 is 0 Å². The van der Waals surface area contributed by atoms with Gasteiger partial charge in [0.1, 0.15) is 23.0 Å². The molecule has 32 heavy (non-hydrogen) atoms. The Labute approximate surface area is 183 Å². The lowest BCUT2D eigenvalue weighted by atomic mass is 10.0. The van der Waals surface area contributed by atoms with E-state index in [2.05, 4.69) is 10.2 Å². The van der Waals surface area contributed by atoms with Gasteiger partial charge >= 0.3 is 0 Å². The van der Waals surface area contributed by atoms with Crippen LogP contribution in [0.4, 0.5) is 8.78 Å². The third-order valence-corrected chi connectivity index (χ3v) is 5.47. The largest absolute Gasteiger partial charge is 0.493 e. The zero-order chi connectivity index (χ0) is 22.2. The molecule has 0 aromatic heterocycles. The van der Waals surface area contributed by atoms with Gasteiger partial charge in [-0.2, -0.15) is 0 Å². The maximum Gasteiger partial charge on any atom is 0.162 e. The van der Waals surface area contributed by atoms with Crippen molar-refractivity contribution in [1.29, 1.82) is 0 Å². The van der Waals surface area contributed by atoms with Crippen LogP contribution in [-0.2, 0) is 6.54 Å². The molecular formula is C25H19F2N3O2. The third kappa shape index (κ3) is 3.41. The van der Waals surface area contributed by atoms with Crippen LogP contribution in [0.2, 0.25) is 0 Å². The summed E-state index contributed by atoms with van der Waals surface area (Å²) in [6, 6.07) is 16.4. The van der Waals surface area contributed by atoms with Gasteiger partial charge in [0.15, 0.2) is 11.5 Å². The highest BCUT2D eigenvalue weighted by molar-refractivity contribution is 5.99. The Balaban J connectivity index is 1.77. The quantitative estimate of drug-likeness (QED) is 0.366. The maximum absolute atomic E-state index is 13.8. The number of fused-ring (bicyclic) bond motifs is 3. The molecule has 0 amide bonds. The fraction of sp³-hybridized carbons (Fsp3) is 0.120. The van der Waals surface area contributed by atoms with E-state index in [-0.39, 0.29) is 11.6 Å². The van der Waals surface area contributed by atoms with Crippen LogP contribution in [-0.4, -0.2) is 29.0 Å². The summed E-state index contributed by atoms with van der Waals surface area (Å²) in [6.07, 6.45) is 1.94. The fourth-order valence-electron chi connectivity index (χ4n) is 3.95. The van der Waals surface area contributed by atoms with E-state index in [0.717, 1.165) is 27.6 Å². The van der Waals surface area contributed by atoms with E-state index in [1.54, 1.807) is 32.4 Å². The van der Waals surface area contributed by atoms with E-state index < -0.39 is 0 Å². The van der Waals surface area contributed by atoms with Crippen LogP contribution in [0.5, 0.6) is 11.5 Å². The Hall–Kier alpha value is -4.00. The van der Waals surface area contributed by atoms with Gasteiger partial charge in [-0.05, 0) is 48.0 Å². The highest BCUT2D eigenvalue weighted by atomic mass is 19.1. The predicted octanol–water partition coefficient (Wildman–Crippen LogP) is 5.55. The summed E-state index contributed by atoms with van der Waals surface area (Å²) in [6.45, 7) is 0.424. The SMILES string of the molecule is COc1cc2c3nnc(-c4ccc(F)cc4)c-3cn(Cc3cccc(F)c3)c2cc1OC. The Morgan fingerprint density at radius 1 is 0.812 bits per heavy atom. The molecule has 5 rings (SSSR count). The number of methoxy groups -OCH3 is 2. The van der Waals surface area contributed by atoms with Crippen LogP contribution in [0.15, 0.2) is 66.9 Å². The van der Waals surface area contributed by atoms with Gasteiger partial charge in [-0.25, -0.2) is 8.78 Å². The highest BCUT2D eigenvalue weighted by Gasteiger charge is 2.22. The minimum absolute atomic E-state index is 0.295. The lowest BCUT2D eigenvalue weighted by molar-refractivity contribution is 0.355. The van der Waals surface area contributed by atoms with E-state index in [4.69, 9.17) is 9.47 Å². The molecule has 0 saturated carbocycles. The first-order valence-electron chi connectivity index (χ1n) is 9.99. The van der Waals surface area contributed by atoms with Crippen molar-refractivity contribution >= 4 is 10.9 Å². The molecule has 0 N–H and O–H groups in total. The molecule has 0 fully saturated rings. The van der Waals surface area contributed by atoms with E-state index in [0.29, 0.717) is 29.4 Å². The van der Waals surface area contributed by atoms with Gasteiger partial charge in [0, 0.05) is 35.3 Å². The van der Waals surface area contributed by atoms with Gasteiger partial charge < -0.3 is 14.0 Å². The summed E-state index contributed by atoms with van der Waals surface area (Å²) in [5, 5.41) is 9.63. The maximum atomic E-state index is 13.8. The lowest BCUT2D eigenvalue weighted by Gasteiger charge is -2.17. The number of pyridine rings is 1. The van der Waals surface area contributed by atoms with Crippen molar-refractivity contribution in [2.45, 2.75) is 6.54 Å². The van der Waals surface area contributed by atoms with Crippen molar-refractivity contribution < 1.29 is 18.3 Å². The lowest BCUT2D eigenvalue weighted by Crippen LogP contribution is -2.05. The number of benzene rings is 3. The average Bonchev–Trinajstić information content (AvgIpc) is 3.22. The molecule has 0 saturated heterocycles. The molecule has 2 aliphatic heterocycles. The summed E-state index contributed by atoms with van der Waals surface area (Å²) in [4.78, 5) is 0. The molecule has 5 nitrogen and oxygen atoms in total. The van der Waals surface area contributed by atoms with Crippen LogP contribution in [0.25, 0.3) is 33.4 Å². The summed E-state index contributed by atoms with van der Waals surface area (Å²) in [5.74, 6) is 0.527. The molecule has 0 unspecified atom stereocenters. The van der Waals surface area contributed by atoms with E-state index in [1.807, 2.05) is 29.0 Å². The Morgan fingerprint density at radius 3 is 2.25 bits per heavy atom. The van der Waals surface area contributed by atoms with Crippen molar-refractivity contribution in [2.75, 3.05) is 14.2 Å². The summed E-state index contributed by atoms with van der Waals surface area (Å²) < 4.78 is 40.3. The summed E-state index contributed by atoms with van der Waals surface area (Å²) in [7, 11) is 3.15. The molecule has 2 aliphatic rings. The first kappa shape index (κ1) is 19.9. The number of rotatable bonds is 5. The predicted molar refractivity (Wildman–Crippen MR) is 118 cm³/mol. The normalized spacial score (nSPS) is 11.2. The fourth-order valence-corrected chi connectivity index (χ4v) is 3.95. The average molecular weight is 431 g/mol. The second kappa shape index (κ2) is 7.92. The summed E-state index contributed by atoms with van der Waals surface area (Å²) >= 11 is 0. The number of halogens is 2. The van der Waals surface area contributed by atoms with Gasteiger partial charge in [-0.15, -0.1) is 10.2 Å². The van der Waals surface area contributed by atoms with Crippen LogP contribution < -0.4 is 9.47 Å². The van der Waals surface area contributed by atoms with Gasteiger partial charge in [-0.3, -0.25) is 0 Å². The summed E-state index contributed by atoms with van der Waals surface area (Å²) in [5.41, 5.74) is 4.53. The first-order chi connectivity index (χ1) is 15.6. The zero-order valence-electron chi connectivity index (χ0n) is 17.5. The molecule has 0 spiro atoms. The van der Waals surface area contributed by atoms with Crippen molar-refractivity contribution in [1.82, 2.24) is 14.8 Å². The second-order valence-electron chi connectivity index (χ2n) is 7.43. The molecule has 0 radical (unpaired) electrons. The smallest absolute Gasteiger partial charge is 0.162 e. The van der Waals surface area contributed by atoms with Crippen molar-refractivity contribution in [3.05, 3.63) is 84.1 Å².